The number of fused-ring (bicyclic) bond motifs is 1. The maximum atomic E-state index is 12.2. The van der Waals surface area contributed by atoms with Crippen LogP contribution in [0.2, 0.25) is 5.02 Å². The summed E-state index contributed by atoms with van der Waals surface area (Å²) in [5.41, 5.74) is 4.22. The monoisotopic (exact) mass is 449 g/mol. The van der Waals surface area contributed by atoms with Gasteiger partial charge in [-0.05, 0) is 60.9 Å². The van der Waals surface area contributed by atoms with E-state index in [1.807, 2.05) is 25.1 Å². The van der Waals surface area contributed by atoms with E-state index in [2.05, 4.69) is 45.1 Å². The largest absolute Gasteiger partial charge is 0.368 e. The van der Waals surface area contributed by atoms with Crippen LogP contribution in [0.5, 0.6) is 0 Å². The zero-order valence-electron chi connectivity index (χ0n) is 18.8. The Morgan fingerprint density at radius 1 is 0.969 bits per heavy atom. The van der Waals surface area contributed by atoms with Gasteiger partial charge in [0.15, 0.2) is 0 Å². The molecule has 1 saturated carbocycles. The molecule has 4 nitrogen and oxygen atoms in total. The zero-order valence-corrected chi connectivity index (χ0v) is 19.6. The van der Waals surface area contributed by atoms with Crippen molar-refractivity contribution in [2.24, 2.45) is 5.92 Å². The summed E-state index contributed by atoms with van der Waals surface area (Å²) in [6.07, 6.45) is 6.58. The van der Waals surface area contributed by atoms with Gasteiger partial charge in [-0.3, -0.25) is 9.69 Å². The Hall–Kier alpha value is -2.30. The van der Waals surface area contributed by atoms with E-state index in [-0.39, 0.29) is 5.56 Å². The molecule has 2 aliphatic rings. The molecule has 1 unspecified atom stereocenters. The van der Waals surface area contributed by atoms with Crippen molar-refractivity contribution in [3.05, 3.63) is 75.0 Å². The molecule has 1 atom stereocenters. The van der Waals surface area contributed by atoms with Crippen molar-refractivity contribution in [1.82, 2.24) is 9.88 Å². The second-order valence-corrected chi connectivity index (χ2v) is 9.85. The number of pyridine rings is 1. The first-order valence-corrected chi connectivity index (χ1v) is 12.3. The van der Waals surface area contributed by atoms with Crippen molar-refractivity contribution in [3.8, 4) is 0 Å². The lowest BCUT2D eigenvalue weighted by molar-refractivity contribution is 0.110. The van der Waals surface area contributed by atoms with Crippen LogP contribution in [0.1, 0.15) is 49.3 Å². The smallest absolute Gasteiger partial charge is 0.251 e. The number of halogens is 1. The van der Waals surface area contributed by atoms with Crippen molar-refractivity contribution in [3.63, 3.8) is 0 Å². The van der Waals surface area contributed by atoms with E-state index in [0.29, 0.717) is 12.0 Å². The second-order valence-electron chi connectivity index (χ2n) is 9.45. The summed E-state index contributed by atoms with van der Waals surface area (Å²) in [5.74, 6) is 0.672. The van der Waals surface area contributed by atoms with Gasteiger partial charge in [-0.25, -0.2) is 0 Å². The van der Waals surface area contributed by atoms with Gasteiger partial charge in [-0.15, -0.1) is 0 Å². The minimum absolute atomic E-state index is 0.0113. The molecule has 1 aliphatic heterocycles. The van der Waals surface area contributed by atoms with E-state index in [0.717, 1.165) is 53.4 Å². The lowest BCUT2D eigenvalue weighted by atomic mass is 9.80. The predicted molar refractivity (Wildman–Crippen MR) is 134 cm³/mol. The number of aryl methyl sites for hydroxylation is 1. The molecule has 2 aromatic carbocycles. The van der Waals surface area contributed by atoms with Crippen molar-refractivity contribution in [1.29, 1.82) is 0 Å². The third-order valence-corrected chi connectivity index (χ3v) is 7.71. The van der Waals surface area contributed by atoms with Gasteiger partial charge < -0.3 is 9.88 Å². The number of aromatic amines is 1. The summed E-state index contributed by atoms with van der Waals surface area (Å²) in [5, 5.41) is 1.94. The van der Waals surface area contributed by atoms with E-state index in [1.165, 1.54) is 37.7 Å². The van der Waals surface area contributed by atoms with Crippen LogP contribution in [-0.2, 0) is 0 Å². The van der Waals surface area contributed by atoms with Gasteiger partial charge >= 0.3 is 0 Å². The fourth-order valence-electron chi connectivity index (χ4n) is 5.69. The van der Waals surface area contributed by atoms with Gasteiger partial charge in [-0.2, -0.15) is 0 Å². The summed E-state index contributed by atoms with van der Waals surface area (Å²) < 4.78 is 0. The van der Waals surface area contributed by atoms with Gasteiger partial charge in [0.1, 0.15) is 0 Å². The van der Waals surface area contributed by atoms with Gasteiger partial charge in [0.2, 0.25) is 0 Å². The van der Waals surface area contributed by atoms with Crippen LogP contribution in [0, 0.1) is 12.8 Å². The van der Waals surface area contributed by atoms with Crippen LogP contribution in [-0.4, -0.2) is 36.1 Å². The summed E-state index contributed by atoms with van der Waals surface area (Å²) in [4.78, 5) is 20.4. The summed E-state index contributed by atoms with van der Waals surface area (Å²) in [7, 11) is 0. The Balaban J connectivity index is 1.43. The predicted octanol–water partition coefficient (Wildman–Crippen LogP) is 5.93. The third-order valence-electron chi connectivity index (χ3n) is 7.39. The minimum atomic E-state index is 0.0113. The number of nitrogens with one attached hydrogen (secondary N) is 1. The highest BCUT2D eigenvalue weighted by Crippen LogP contribution is 2.40. The highest BCUT2D eigenvalue weighted by Gasteiger charge is 2.32. The molecule has 0 bridgehead atoms. The molecule has 1 N–H and O–H groups in total. The van der Waals surface area contributed by atoms with Crippen LogP contribution in [0.3, 0.4) is 0 Å². The fraction of sp³-hybridized carbons (Fsp3) is 0.444. The number of para-hydroxylation sites is 1. The number of hydrogen-bond donors (Lipinski definition) is 1. The third kappa shape index (κ3) is 4.31. The molecule has 0 amide bonds. The normalized spacial score (nSPS) is 19.4. The quantitative estimate of drug-likeness (QED) is 0.536. The van der Waals surface area contributed by atoms with Gasteiger partial charge in [0, 0.05) is 43.3 Å². The molecule has 5 heteroatoms. The first-order valence-electron chi connectivity index (χ1n) is 12.0. The highest BCUT2D eigenvalue weighted by molar-refractivity contribution is 6.33. The molecule has 0 spiro atoms. The van der Waals surface area contributed by atoms with Crippen molar-refractivity contribution < 1.29 is 0 Å². The van der Waals surface area contributed by atoms with E-state index < -0.39 is 0 Å². The lowest BCUT2D eigenvalue weighted by Crippen LogP contribution is -2.49. The Labute approximate surface area is 195 Å². The topological polar surface area (TPSA) is 39.3 Å². The number of rotatable bonds is 4. The summed E-state index contributed by atoms with van der Waals surface area (Å²) >= 11 is 6.47. The molecule has 2 fully saturated rings. The standard InChI is InChI=1S/C27H32ClN3O/c1-19-17-21-11-12-22(18-24(21)29-27(19)32)26(20-7-3-2-4-8-20)31-15-13-30(14-16-31)25-10-6-5-9-23(25)28/h5-6,9-12,17-18,20,26H,2-4,7-8,13-16H2,1H3,(H,29,32). The Kier molecular flexibility index (Phi) is 6.25. The van der Waals surface area contributed by atoms with Gasteiger partial charge in [0.25, 0.3) is 5.56 Å². The summed E-state index contributed by atoms with van der Waals surface area (Å²) in [6.45, 7) is 5.88. The molecular weight excluding hydrogens is 418 g/mol. The Bertz CT molecular complexity index is 1140. The number of nitrogens with zero attached hydrogens (tertiary/aromatic N) is 2. The average molecular weight is 450 g/mol. The van der Waals surface area contributed by atoms with Crippen LogP contribution < -0.4 is 10.5 Å². The van der Waals surface area contributed by atoms with Crippen LogP contribution >= 0.6 is 11.6 Å². The van der Waals surface area contributed by atoms with E-state index in [4.69, 9.17) is 11.6 Å². The molecule has 1 aliphatic carbocycles. The highest BCUT2D eigenvalue weighted by atomic mass is 35.5. The zero-order chi connectivity index (χ0) is 22.1. The Morgan fingerprint density at radius 3 is 2.47 bits per heavy atom. The number of piperazine rings is 1. The molecule has 3 aromatic rings. The first kappa shape index (κ1) is 21.5. The fourth-order valence-corrected chi connectivity index (χ4v) is 5.95. The van der Waals surface area contributed by atoms with Crippen molar-refractivity contribution in [2.75, 3.05) is 31.1 Å². The first-order chi connectivity index (χ1) is 15.6. The minimum Gasteiger partial charge on any atom is -0.368 e. The molecule has 1 saturated heterocycles. The van der Waals surface area contributed by atoms with Crippen molar-refractivity contribution >= 4 is 28.2 Å². The molecule has 5 rings (SSSR count). The summed E-state index contributed by atoms with van der Waals surface area (Å²) in [6, 6.07) is 17.3. The van der Waals surface area contributed by atoms with Gasteiger partial charge in [0.05, 0.1) is 10.7 Å². The molecule has 168 valence electrons. The SMILES string of the molecule is Cc1cc2ccc(C(C3CCCCC3)N3CCN(c4ccccc4Cl)CC3)cc2[nH]c1=O. The maximum Gasteiger partial charge on any atom is 0.251 e. The second kappa shape index (κ2) is 9.29. The Morgan fingerprint density at radius 2 is 1.72 bits per heavy atom. The molecular formula is C27H32ClN3O. The molecule has 1 aromatic heterocycles. The number of H-pyrrole nitrogens is 1. The average Bonchev–Trinajstić information content (AvgIpc) is 2.82. The van der Waals surface area contributed by atoms with E-state index >= 15 is 0 Å². The molecule has 0 radical (unpaired) electrons. The molecule has 2 heterocycles. The van der Waals surface area contributed by atoms with Crippen molar-refractivity contribution in [2.45, 2.75) is 45.1 Å². The maximum absolute atomic E-state index is 12.2. The van der Waals surface area contributed by atoms with Crippen LogP contribution in [0.25, 0.3) is 10.9 Å². The van der Waals surface area contributed by atoms with Crippen LogP contribution in [0.4, 0.5) is 5.69 Å². The number of anilines is 1. The lowest BCUT2D eigenvalue weighted by Gasteiger charge is -2.44. The molecule has 32 heavy (non-hydrogen) atoms. The van der Waals surface area contributed by atoms with E-state index in [9.17, 15) is 4.79 Å². The van der Waals surface area contributed by atoms with Gasteiger partial charge in [-0.1, -0.05) is 55.1 Å². The van der Waals surface area contributed by atoms with E-state index in [1.54, 1.807) is 0 Å². The number of benzene rings is 2. The number of hydrogen-bond acceptors (Lipinski definition) is 3. The number of aromatic nitrogens is 1. The van der Waals surface area contributed by atoms with Crippen LogP contribution in [0.15, 0.2) is 53.3 Å².